The fourth-order valence-corrected chi connectivity index (χ4v) is 2.03. The molecule has 0 atom stereocenters. The summed E-state index contributed by atoms with van der Waals surface area (Å²) in [5.41, 5.74) is 2.34. The first-order chi connectivity index (χ1) is 8.69. The summed E-state index contributed by atoms with van der Waals surface area (Å²) < 4.78 is 13.7. The predicted molar refractivity (Wildman–Crippen MR) is 72.6 cm³/mol. The third-order valence-corrected chi connectivity index (χ3v) is 3.13. The van der Waals surface area contributed by atoms with Crippen LogP contribution in [0.4, 0.5) is 10.1 Å². The zero-order valence-electron chi connectivity index (χ0n) is 9.45. The van der Waals surface area contributed by atoms with E-state index in [2.05, 4.69) is 27.3 Å². The van der Waals surface area contributed by atoms with Gasteiger partial charge in [0.25, 0.3) is 0 Å². The first kappa shape index (κ1) is 12.6. The van der Waals surface area contributed by atoms with Crippen molar-refractivity contribution < 1.29 is 4.39 Å². The van der Waals surface area contributed by atoms with Gasteiger partial charge >= 0.3 is 0 Å². The maximum Gasteiger partial charge on any atom is 0.123 e. The van der Waals surface area contributed by atoms with Crippen LogP contribution in [0.15, 0.2) is 46.9 Å². The van der Waals surface area contributed by atoms with Crippen molar-refractivity contribution in [1.29, 1.82) is 5.26 Å². The molecule has 0 aliphatic heterocycles. The highest BCUT2D eigenvalue weighted by Gasteiger charge is 2.01. The van der Waals surface area contributed by atoms with E-state index in [9.17, 15) is 4.39 Å². The number of nitriles is 1. The normalized spacial score (nSPS) is 9.83. The third kappa shape index (κ3) is 3.08. The number of anilines is 1. The molecule has 90 valence electrons. The molecule has 2 rings (SSSR count). The molecule has 0 heterocycles. The van der Waals surface area contributed by atoms with E-state index in [-0.39, 0.29) is 5.82 Å². The van der Waals surface area contributed by atoms with Crippen molar-refractivity contribution in [3.05, 3.63) is 63.9 Å². The van der Waals surface area contributed by atoms with Gasteiger partial charge in [0.15, 0.2) is 0 Å². The van der Waals surface area contributed by atoms with Gasteiger partial charge in [0.1, 0.15) is 11.9 Å². The van der Waals surface area contributed by atoms with E-state index < -0.39 is 0 Å². The van der Waals surface area contributed by atoms with Crippen LogP contribution in [0.1, 0.15) is 11.1 Å². The van der Waals surface area contributed by atoms with Crippen molar-refractivity contribution in [2.45, 2.75) is 6.54 Å². The highest BCUT2D eigenvalue weighted by Crippen LogP contribution is 2.21. The lowest BCUT2D eigenvalue weighted by atomic mass is 10.2. The summed E-state index contributed by atoms with van der Waals surface area (Å²) >= 11 is 3.32. The topological polar surface area (TPSA) is 35.8 Å². The van der Waals surface area contributed by atoms with Crippen molar-refractivity contribution >= 4 is 21.6 Å². The maximum absolute atomic E-state index is 13.0. The highest BCUT2D eigenvalue weighted by atomic mass is 79.9. The molecule has 0 aliphatic carbocycles. The lowest BCUT2D eigenvalue weighted by Crippen LogP contribution is -1.99. The zero-order valence-corrected chi connectivity index (χ0v) is 11.0. The van der Waals surface area contributed by atoms with Crippen LogP contribution >= 0.6 is 15.9 Å². The SMILES string of the molecule is N#Cc1ccc(NCc2cccc(F)c2)cc1Br. The lowest BCUT2D eigenvalue weighted by molar-refractivity contribution is 0.626. The van der Waals surface area contributed by atoms with Gasteiger partial charge in [-0.15, -0.1) is 0 Å². The van der Waals surface area contributed by atoms with Crippen LogP contribution in [0.5, 0.6) is 0 Å². The molecule has 0 fully saturated rings. The summed E-state index contributed by atoms with van der Waals surface area (Å²) in [5, 5.41) is 12.0. The minimum atomic E-state index is -0.240. The van der Waals surface area contributed by atoms with Crippen LogP contribution in [0, 0.1) is 17.1 Å². The van der Waals surface area contributed by atoms with E-state index in [0.29, 0.717) is 12.1 Å². The van der Waals surface area contributed by atoms with Crippen molar-refractivity contribution in [3.63, 3.8) is 0 Å². The number of benzene rings is 2. The molecule has 0 spiro atoms. The Balaban J connectivity index is 2.07. The lowest BCUT2D eigenvalue weighted by Gasteiger charge is -2.07. The summed E-state index contributed by atoms with van der Waals surface area (Å²) in [4.78, 5) is 0. The number of nitrogens with one attached hydrogen (secondary N) is 1. The summed E-state index contributed by atoms with van der Waals surface area (Å²) in [6, 6.07) is 13.9. The van der Waals surface area contributed by atoms with Crippen LogP contribution in [-0.4, -0.2) is 0 Å². The minimum absolute atomic E-state index is 0.240. The van der Waals surface area contributed by atoms with Gasteiger partial charge in [-0.25, -0.2) is 4.39 Å². The molecule has 2 aromatic rings. The average Bonchev–Trinajstić information content (AvgIpc) is 2.37. The van der Waals surface area contributed by atoms with Gasteiger partial charge in [-0.1, -0.05) is 12.1 Å². The van der Waals surface area contributed by atoms with Gasteiger partial charge < -0.3 is 5.32 Å². The number of rotatable bonds is 3. The standard InChI is InChI=1S/C14H10BrFN2/c15-14-7-13(5-4-11(14)8-17)18-9-10-2-1-3-12(16)6-10/h1-7,18H,9H2. The molecule has 0 amide bonds. The Morgan fingerprint density at radius 1 is 1.22 bits per heavy atom. The largest absolute Gasteiger partial charge is 0.381 e. The number of hydrogen-bond acceptors (Lipinski definition) is 2. The fourth-order valence-electron chi connectivity index (χ4n) is 1.57. The van der Waals surface area contributed by atoms with Crippen LogP contribution in [0.3, 0.4) is 0 Å². The predicted octanol–water partition coefficient (Wildman–Crippen LogP) is 4.07. The Kier molecular flexibility index (Phi) is 3.96. The van der Waals surface area contributed by atoms with Crippen molar-refractivity contribution in [2.75, 3.05) is 5.32 Å². The third-order valence-electron chi connectivity index (χ3n) is 2.48. The molecule has 4 heteroatoms. The summed E-state index contributed by atoms with van der Waals surface area (Å²) in [6.45, 7) is 0.538. The summed E-state index contributed by atoms with van der Waals surface area (Å²) in [6.07, 6.45) is 0. The zero-order chi connectivity index (χ0) is 13.0. The first-order valence-electron chi connectivity index (χ1n) is 5.37. The maximum atomic E-state index is 13.0. The smallest absolute Gasteiger partial charge is 0.123 e. The molecule has 0 aromatic heterocycles. The molecule has 0 aliphatic rings. The average molecular weight is 305 g/mol. The van der Waals surface area contributed by atoms with Gasteiger partial charge in [-0.05, 0) is 51.8 Å². The van der Waals surface area contributed by atoms with Gasteiger partial charge in [-0.3, -0.25) is 0 Å². The van der Waals surface area contributed by atoms with Gasteiger partial charge in [0.2, 0.25) is 0 Å². The fraction of sp³-hybridized carbons (Fsp3) is 0.0714. The molecule has 0 radical (unpaired) electrons. The van der Waals surface area contributed by atoms with E-state index in [1.54, 1.807) is 12.1 Å². The van der Waals surface area contributed by atoms with E-state index >= 15 is 0 Å². The van der Waals surface area contributed by atoms with E-state index in [1.807, 2.05) is 18.2 Å². The van der Waals surface area contributed by atoms with Crippen molar-refractivity contribution in [3.8, 4) is 6.07 Å². The highest BCUT2D eigenvalue weighted by molar-refractivity contribution is 9.10. The second-order valence-electron chi connectivity index (χ2n) is 3.79. The van der Waals surface area contributed by atoms with E-state index in [0.717, 1.165) is 15.7 Å². The van der Waals surface area contributed by atoms with E-state index in [4.69, 9.17) is 5.26 Å². The summed E-state index contributed by atoms with van der Waals surface area (Å²) in [7, 11) is 0. The molecule has 2 aromatic carbocycles. The second-order valence-corrected chi connectivity index (χ2v) is 4.64. The van der Waals surface area contributed by atoms with E-state index in [1.165, 1.54) is 12.1 Å². The summed E-state index contributed by atoms with van der Waals surface area (Å²) in [5.74, 6) is -0.240. The molecular formula is C14H10BrFN2. The molecule has 0 bridgehead atoms. The number of nitrogens with zero attached hydrogens (tertiary/aromatic N) is 1. The quantitative estimate of drug-likeness (QED) is 0.927. The Bertz CT molecular complexity index is 605. The molecule has 1 N–H and O–H groups in total. The van der Waals surface area contributed by atoms with Crippen LogP contribution < -0.4 is 5.32 Å². The molecule has 18 heavy (non-hydrogen) atoms. The number of hydrogen-bond donors (Lipinski definition) is 1. The van der Waals surface area contributed by atoms with Gasteiger partial charge in [0, 0.05) is 16.7 Å². The van der Waals surface area contributed by atoms with Gasteiger partial charge in [0.05, 0.1) is 5.56 Å². The Labute approximate surface area is 113 Å². The van der Waals surface area contributed by atoms with Crippen molar-refractivity contribution in [1.82, 2.24) is 0 Å². The Morgan fingerprint density at radius 2 is 2.06 bits per heavy atom. The molecule has 0 saturated heterocycles. The minimum Gasteiger partial charge on any atom is -0.381 e. The Hall–Kier alpha value is -1.86. The monoisotopic (exact) mass is 304 g/mol. The molecule has 2 nitrogen and oxygen atoms in total. The van der Waals surface area contributed by atoms with Crippen molar-refractivity contribution in [2.24, 2.45) is 0 Å². The van der Waals surface area contributed by atoms with Crippen LogP contribution in [0.2, 0.25) is 0 Å². The molecular weight excluding hydrogens is 295 g/mol. The molecule has 0 saturated carbocycles. The van der Waals surface area contributed by atoms with Gasteiger partial charge in [-0.2, -0.15) is 5.26 Å². The Morgan fingerprint density at radius 3 is 2.72 bits per heavy atom. The van der Waals surface area contributed by atoms with Crippen LogP contribution in [0.25, 0.3) is 0 Å². The first-order valence-corrected chi connectivity index (χ1v) is 6.16. The van der Waals surface area contributed by atoms with Crippen LogP contribution in [-0.2, 0) is 6.54 Å². The number of halogens is 2. The molecule has 0 unspecified atom stereocenters. The second kappa shape index (κ2) is 5.65.